The number of carbonyl (C=O) groups is 1. The van der Waals surface area contributed by atoms with E-state index >= 15 is 0 Å². The fraction of sp³-hybridized carbons (Fsp3) is 0.588. The van der Waals surface area contributed by atoms with Crippen LogP contribution in [0.2, 0.25) is 0 Å². The number of rotatable bonds is 8. The number of amides is 1. The summed E-state index contributed by atoms with van der Waals surface area (Å²) in [5.41, 5.74) is 6.04. The molecule has 1 aliphatic rings. The molecule has 0 aromatic heterocycles. The Labute approximate surface area is 146 Å². The van der Waals surface area contributed by atoms with E-state index in [2.05, 4.69) is 21.2 Å². The monoisotopic (exact) mass is 384 g/mol. The summed E-state index contributed by atoms with van der Waals surface area (Å²) in [6, 6.07) is 3.46. The number of nitrogens with one attached hydrogen (secondary N) is 1. The van der Waals surface area contributed by atoms with E-state index in [-0.39, 0.29) is 11.4 Å². The highest BCUT2D eigenvalue weighted by Crippen LogP contribution is 2.40. The fourth-order valence-electron chi connectivity index (χ4n) is 2.57. The maximum absolute atomic E-state index is 12.6. The number of halogens is 1. The average molecular weight is 385 g/mol. The Hall–Kier alpha value is -1.27. The number of hydrogen-bond acceptors (Lipinski definition) is 4. The standard InChI is InChI=1S/C17H25BrN2O3/c1-4-7-23-15-13(18)8-11(9-14(15)22-3)16(21)20-17(2,10-19)12-5-6-12/h8-9,12H,4-7,10,19H2,1-3H3,(H,20,21). The summed E-state index contributed by atoms with van der Waals surface area (Å²) in [5.74, 6) is 1.48. The highest BCUT2D eigenvalue weighted by molar-refractivity contribution is 9.10. The molecule has 0 heterocycles. The van der Waals surface area contributed by atoms with Crippen LogP contribution in [0.5, 0.6) is 11.5 Å². The third kappa shape index (κ3) is 4.18. The minimum absolute atomic E-state index is 0.147. The maximum Gasteiger partial charge on any atom is 0.251 e. The zero-order chi connectivity index (χ0) is 17.0. The first kappa shape index (κ1) is 18.1. The average Bonchev–Trinajstić information content (AvgIpc) is 3.38. The number of benzene rings is 1. The van der Waals surface area contributed by atoms with Crippen LogP contribution >= 0.6 is 15.9 Å². The lowest BCUT2D eigenvalue weighted by Gasteiger charge is -2.29. The van der Waals surface area contributed by atoms with E-state index in [9.17, 15) is 4.79 Å². The molecule has 0 aliphatic heterocycles. The Morgan fingerprint density at radius 3 is 2.70 bits per heavy atom. The van der Waals surface area contributed by atoms with Crippen LogP contribution in [-0.4, -0.2) is 31.7 Å². The second kappa shape index (κ2) is 7.53. The zero-order valence-electron chi connectivity index (χ0n) is 13.9. The molecular weight excluding hydrogens is 360 g/mol. The van der Waals surface area contributed by atoms with Gasteiger partial charge >= 0.3 is 0 Å². The summed E-state index contributed by atoms with van der Waals surface area (Å²) >= 11 is 3.47. The van der Waals surface area contributed by atoms with Gasteiger partial charge in [0.25, 0.3) is 5.91 Å². The van der Waals surface area contributed by atoms with Crippen LogP contribution in [0, 0.1) is 5.92 Å². The molecule has 1 aromatic carbocycles. The molecule has 23 heavy (non-hydrogen) atoms. The smallest absolute Gasteiger partial charge is 0.251 e. The van der Waals surface area contributed by atoms with Crippen molar-refractivity contribution in [2.45, 2.75) is 38.6 Å². The van der Waals surface area contributed by atoms with Gasteiger partial charge in [0.15, 0.2) is 11.5 Å². The quantitative estimate of drug-likeness (QED) is 0.721. The van der Waals surface area contributed by atoms with Crippen molar-refractivity contribution in [1.29, 1.82) is 0 Å². The highest BCUT2D eigenvalue weighted by Gasteiger charge is 2.41. The molecule has 1 saturated carbocycles. The Morgan fingerprint density at radius 1 is 1.48 bits per heavy atom. The van der Waals surface area contributed by atoms with Crippen molar-refractivity contribution >= 4 is 21.8 Å². The fourth-order valence-corrected chi connectivity index (χ4v) is 3.12. The lowest BCUT2D eigenvalue weighted by molar-refractivity contribution is 0.0897. The van der Waals surface area contributed by atoms with Crippen LogP contribution in [0.25, 0.3) is 0 Å². The summed E-state index contributed by atoms with van der Waals surface area (Å²) in [4.78, 5) is 12.6. The zero-order valence-corrected chi connectivity index (χ0v) is 15.5. The highest BCUT2D eigenvalue weighted by atomic mass is 79.9. The van der Waals surface area contributed by atoms with Crippen molar-refractivity contribution < 1.29 is 14.3 Å². The molecule has 1 amide bonds. The Kier molecular flexibility index (Phi) is 5.92. The van der Waals surface area contributed by atoms with Crippen LogP contribution < -0.4 is 20.5 Å². The van der Waals surface area contributed by atoms with E-state index in [4.69, 9.17) is 15.2 Å². The number of nitrogens with two attached hydrogens (primary N) is 1. The predicted molar refractivity (Wildman–Crippen MR) is 94.1 cm³/mol. The maximum atomic E-state index is 12.6. The van der Waals surface area contributed by atoms with Crippen LogP contribution in [0.4, 0.5) is 0 Å². The van der Waals surface area contributed by atoms with Crippen LogP contribution in [-0.2, 0) is 0 Å². The molecule has 1 aliphatic carbocycles. The second-order valence-electron chi connectivity index (χ2n) is 6.19. The van der Waals surface area contributed by atoms with Gasteiger partial charge in [0.1, 0.15) is 0 Å². The van der Waals surface area contributed by atoms with E-state index in [1.54, 1.807) is 19.2 Å². The van der Waals surface area contributed by atoms with Gasteiger partial charge in [-0.3, -0.25) is 4.79 Å². The van der Waals surface area contributed by atoms with Gasteiger partial charge in [0.05, 0.1) is 23.7 Å². The van der Waals surface area contributed by atoms with Gasteiger partial charge in [-0.15, -0.1) is 0 Å². The number of hydrogen-bond donors (Lipinski definition) is 2. The lowest BCUT2D eigenvalue weighted by Crippen LogP contribution is -2.53. The minimum Gasteiger partial charge on any atom is -0.493 e. The van der Waals surface area contributed by atoms with Gasteiger partial charge < -0.3 is 20.5 Å². The first-order chi connectivity index (χ1) is 10.9. The SMILES string of the molecule is CCCOc1c(Br)cc(C(=O)NC(C)(CN)C2CC2)cc1OC. The predicted octanol–water partition coefficient (Wildman–Crippen LogP) is 3.10. The molecule has 1 aromatic rings. The Bertz CT molecular complexity index is 575. The van der Waals surface area contributed by atoms with E-state index in [1.165, 1.54) is 0 Å². The van der Waals surface area contributed by atoms with Crippen LogP contribution in [0.15, 0.2) is 16.6 Å². The first-order valence-corrected chi connectivity index (χ1v) is 8.77. The molecule has 0 saturated heterocycles. The van der Waals surface area contributed by atoms with Crippen molar-refractivity contribution in [3.8, 4) is 11.5 Å². The minimum atomic E-state index is -0.353. The molecule has 128 valence electrons. The molecule has 0 spiro atoms. The van der Waals surface area contributed by atoms with Crippen LogP contribution in [0.3, 0.4) is 0 Å². The topological polar surface area (TPSA) is 73.6 Å². The molecule has 6 heteroatoms. The largest absolute Gasteiger partial charge is 0.493 e. The van der Waals surface area contributed by atoms with Crippen molar-refractivity contribution in [2.24, 2.45) is 11.7 Å². The van der Waals surface area contributed by atoms with Crippen molar-refractivity contribution in [2.75, 3.05) is 20.3 Å². The van der Waals surface area contributed by atoms with Crippen LogP contribution in [0.1, 0.15) is 43.5 Å². The summed E-state index contributed by atoms with van der Waals surface area (Å²) in [7, 11) is 1.57. The summed E-state index contributed by atoms with van der Waals surface area (Å²) < 4.78 is 11.8. The summed E-state index contributed by atoms with van der Waals surface area (Å²) in [6.45, 7) is 5.06. The molecule has 0 bridgehead atoms. The molecule has 1 unspecified atom stereocenters. The van der Waals surface area contributed by atoms with Gasteiger partial charge in [0, 0.05) is 12.1 Å². The van der Waals surface area contributed by atoms with E-state index in [0.717, 1.165) is 19.3 Å². The Balaban J connectivity index is 2.21. The van der Waals surface area contributed by atoms with Gasteiger partial charge in [0.2, 0.25) is 0 Å². The summed E-state index contributed by atoms with van der Waals surface area (Å²) in [6.07, 6.45) is 3.13. The number of methoxy groups -OCH3 is 1. The second-order valence-corrected chi connectivity index (χ2v) is 7.04. The van der Waals surface area contributed by atoms with E-state index in [0.29, 0.717) is 40.6 Å². The van der Waals surface area contributed by atoms with Crippen molar-refractivity contribution in [3.05, 3.63) is 22.2 Å². The third-order valence-electron chi connectivity index (χ3n) is 4.24. The molecule has 2 rings (SSSR count). The van der Waals surface area contributed by atoms with E-state index < -0.39 is 0 Å². The van der Waals surface area contributed by atoms with Crippen molar-refractivity contribution in [1.82, 2.24) is 5.32 Å². The number of carbonyl (C=O) groups excluding carboxylic acids is 1. The molecule has 5 nitrogen and oxygen atoms in total. The number of ether oxygens (including phenoxy) is 2. The van der Waals surface area contributed by atoms with Gasteiger partial charge in [-0.2, -0.15) is 0 Å². The molecular formula is C17H25BrN2O3. The lowest BCUT2D eigenvalue weighted by atomic mass is 9.95. The first-order valence-electron chi connectivity index (χ1n) is 7.98. The van der Waals surface area contributed by atoms with E-state index in [1.807, 2.05) is 13.8 Å². The Morgan fingerprint density at radius 2 is 2.17 bits per heavy atom. The summed E-state index contributed by atoms with van der Waals surface area (Å²) in [5, 5.41) is 3.08. The molecule has 1 fully saturated rings. The van der Waals surface area contributed by atoms with Gasteiger partial charge in [-0.25, -0.2) is 0 Å². The molecule has 0 radical (unpaired) electrons. The van der Waals surface area contributed by atoms with Crippen molar-refractivity contribution in [3.63, 3.8) is 0 Å². The normalized spacial score (nSPS) is 16.6. The third-order valence-corrected chi connectivity index (χ3v) is 4.83. The molecule has 3 N–H and O–H groups in total. The van der Waals surface area contributed by atoms with Gasteiger partial charge in [-0.1, -0.05) is 6.92 Å². The molecule has 1 atom stereocenters. The van der Waals surface area contributed by atoms with Gasteiger partial charge in [-0.05, 0) is 60.2 Å².